The third kappa shape index (κ3) is 3.72. The Hall–Kier alpha value is -1.03. The van der Waals surface area contributed by atoms with Crippen molar-refractivity contribution in [1.82, 2.24) is 0 Å². The monoisotopic (exact) mass is 339 g/mol. The molecule has 0 spiro atoms. The van der Waals surface area contributed by atoms with Gasteiger partial charge in [-0.05, 0) is 36.2 Å². The first-order chi connectivity index (χ1) is 9.10. The molecule has 0 amide bonds. The number of benzene rings is 2. The average molecular weight is 341 g/mol. The van der Waals surface area contributed by atoms with Crippen LogP contribution in [0, 0.1) is 6.92 Å². The highest BCUT2D eigenvalue weighted by Gasteiger charge is 2.05. The molecule has 0 atom stereocenters. The smallest absolute Gasteiger partial charge is 0.124 e. The molecule has 0 aliphatic rings. The number of rotatable bonds is 4. The summed E-state index contributed by atoms with van der Waals surface area (Å²) in [7, 11) is 0. The summed E-state index contributed by atoms with van der Waals surface area (Å²) in [6.45, 7) is 3.03. The third-order valence-corrected chi connectivity index (χ3v) is 3.86. The summed E-state index contributed by atoms with van der Waals surface area (Å²) in [5.74, 6) is 0.808. The first-order valence-electron chi connectivity index (χ1n) is 5.96. The summed E-state index contributed by atoms with van der Waals surface area (Å²) >= 11 is 9.50. The second-order valence-corrected chi connectivity index (χ2v) is 5.62. The lowest BCUT2D eigenvalue weighted by molar-refractivity contribution is 0.303. The van der Waals surface area contributed by atoms with Gasteiger partial charge in [0.05, 0.1) is 0 Å². The Kier molecular flexibility index (Phi) is 4.86. The molecule has 0 unspecified atom stereocenters. The molecule has 2 aromatic rings. The lowest BCUT2D eigenvalue weighted by Gasteiger charge is -2.11. The van der Waals surface area contributed by atoms with Crippen LogP contribution in [0.1, 0.15) is 16.7 Å². The summed E-state index contributed by atoms with van der Waals surface area (Å²) in [4.78, 5) is 0. The first-order valence-corrected chi connectivity index (χ1v) is 7.13. The van der Waals surface area contributed by atoms with Crippen LogP contribution in [-0.4, -0.2) is 0 Å². The molecule has 4 heteroatoms. The molecular formula is C15H15BrClNO. The van der Waals surface area contributed by atoms with Crippen LogP contribution in [-0.2, 0) is 13.2 Å². The lowest BCUT2D eigenvalue weighted by Crippen LogP contribution is -2.00. The summed E-state index contributed by atoms with van der Waals surface area (Å²) in [5, 5.41) is 0.679. The van der Waals surface area contributed by atoms with Gasteiger partial charge in [0.25, 0.3) is 0 Å². The first kappa shape index (κ1) is 14.4. The number of hydrogen-bond acceptors (Lipinski definition) is 2. The average Bonchev–Trinajstić information content (AvgIpc) is 2.40. The Morgan fingerprint density at radius 3 is 2.68 bits per heavy atom. The van der Waals surface area contributed by atoms with Crippen molar-refractivity contribution in [2.45, 2.75) is 20.1 Å². The maximum atomic E-state index is 5.97. The van der Waals surface area contributed by atoms with Crippen molar-refractivity contribution in [3.05, 3.63) is 62.6 Å². The standard InChI is InChI=1S/C15H15BrClNO/c1-10-2-5-13(17)7-15(10)19-9-12-4-3-11(8-18)6-14(12)16/h2-7H,8-9,18H2,1H3. The molecule has 0 aromatic heterocycles. The van der Waals surface area contributed by atoms with Gasteiger partial charge in [0, 0.05) is 21.6 Å². The van der Waals surface area contributed by atoms with Gasteiger partial charge in [-0.1, -0.05) is 45.7 Å². The highest BCUT2D eigenvalue weighted by molar-refractivity contribution is 9.10. The summed E-state index contributed by atoms with van der Waals surface area (Å²) < 4.78 is 6.82. The van der Waals surface area contributed by atoms with E-state index in [9.17, 15) is 0 Å². The van der Waals surface area contributed by atoms with Gasteiger partial charge in [-0.15, -0.1) is 0 Å². The zero-order valence-corrected chi connectivity index (χ0v) is 13.0. The van der Waals surface area contributed by atoms with Gasteiger partial charge in [-0.3, -0.25) is 0 Å². The van der Waals surface area contributed by atoms with Gasteiger partial charge in [0.1, 0.15) is 12.4 Å². The van der Waals surface area contributed by atoms with Gasteiger partial charge in [-0.2, -0.15) is 0 Å². The quantitative estimate of drug-likeness (QED) is 0.892. The van der Waals surface area contributed by atoms with E-state index < -0.39 is 0 Å². The van der Waals surface area contributed by atoms with Crippen LogP contribution in [0.3, 0.4) is 0 Å². The summed E-state index contributed by atoms with van der Waals surface area (Å²) in [6.07, 6.45) is 0. The van der Waals surface area contributed by atoms with Gasteiger partial charge in [0.15, 0.2) is 0 Å². The minimum absolute atomic E-state index is 0.493. The Morgan fingerprint density at radius 1 is 1.21 bits per heavy atom. The highest BCUT2D eigenvalue weighted by Crippen LogP contribution is 2.25. The number of aryl methyl sites for hydroxylation is 1. The lowest BCUT2D eigenvalue weighted by atomic mass is 10.1. The Balaban J connectivity index is 2.12. The second-order valence-electron chi connectivity index (χ2n) is 4.33. The van der Waals surface area contributed by atoms with Crippen LogP contribution in [0.25, 0.3) is 0 Å². The zero-order valence-electron chi connectivity index (χ0n) is 10.6. The van der Waals surface area contributed by atoms with E-state index in [0.29, 0.717) is 18.2 Å². The van der Waals surface area contributed by atoms with Gasteiger partial charge < -0.3 is 10.5 Å². The minimum Gasteiger partial charge on any atom is -0.489 e. The van der Waals surface area contributed by atoms with Crippen LogP contribution in [0.2, 0.25) is 5.02 Å². The molecule has 0 bridgehead atoms. The maximum Gasteiger partial charge on any atom is 0.124 e. The van der Waals surface area contributed by atoms with Crippen molar-refractivity contribution in [2.24, 2.45) is 5.73 Å². The van der Waals surface area contributed by atoms with E-state index >= 15 is 0 Å². The molecule has 2 N–H and O–H groups in total. The molecule has 0 saturated carbocycles. The Bertz CT molecular complexity index is 586. The predicted octanol–water partition coefficient (Wildman–Crippen LogP) is 4.45. The van der Waals surface area contributed by atoms with Gasteiger partial charge in [0.2, 0.25) is 0 Å². The SMILES string of the molecule is Cc1ccc(Cl)cc1OCc1ccc(CN)cc1Br. The van der Waals surface area contributed by atoms with Crippen molar-refractivity contribution in [1.29, 1.82) is 0 Å². The van der Waals surface area contributed by atoms with Crippen molar-refractivity contribution >= 4 is 27.5 Å². The van der Waals surface area contributed by atoms with Gasteiger partial charge >= 0.3 is 0 Å². The number of nitrogens with two attached hydrogens (primary N) is 1. The van der Waals surface area contributed by atoms with E-state index in [1.165, 1.54) is 0 Å². The second kappa shape index (κ2) is 6.42. The number of hydrogen-bond donors (Lipinski definition) is 1. The van der Waals surface area contributed by atoms with Crippen molar-refractivity contribution in [3.63, 3.8) is 0 Å². The summed E-state index contributed by atoms with van der Waals surface area (Å²) in [5.41, 5.74) is 8.84. The van der Waals surface area contributed by atoms with E-state index in [1.807, 2.05) is 43.3 Å². The predicted molar refractivity (Wildman–Crippen MR) is 82.6 cm³/mol. The molecule has 19 heavy (non-hydrogen) atoms. The molecule has 2 rings (SSSR count). The zero-order chi connectivity index (χ0) is 13.8. The van der Waals surface area contributed by atoms with E-state index in [-0.39, 0.29) is 0 Å². The Labute approximate surface area is 126 Å². The molecule has 0 radical (unpaired) electrons. The van der Waals surface area contributed by atoms with Gasteiger partial charge in [-0.25, -0.2) is 0 Å². The van der Waals surface area contributed by atoms with Crippen molar-refractivity contribution in [3.8, 4) is 5.75 Å². The molecule has 0 fully saturated rings. The summed E-state index contributed by atoms with van der Waals surface area (Å²) in [6, 6.07) is 11.7. The molecule has 0 aliphatic carbocycles. The number of halogens is 2. The molecule has 100 valence electrons. The topological polar surface area (TPSA) is 35.2 Å². The molecular weight excluding hydrogens is 326 g/mol. The molecule has 0 saturated heterocycles. The third-order valence-electron chi connectivity index (χ3n) is 2.89. The fourth-order valence-corrected chi connectivity index (χ4v) is 2.42. The van der Waals surface area contributed by atoms with Crippen LogP contribution >= 0.6 is 27.5 Å². The molecule has 0 heterocycles. The largest absolute Gasteiger partial charge is 0.489 e. The number of ether oxygens (including phenoxy) is 1. The van der Waals surface area contributed by atoms with E-state index in [1.54, 1.807) is 0 Å². The minimum atomic E-state index is 0.493. The molecule has 0 aliphatic heterocycles. The van der Waals surface area contributed by atoms with E-state index in [0.717, 1.165) is 26.9 Å². The molecule has 2 nitrogen and oxygen atoms in total. The van der Waals surface area contributed by atoms with Crippen LogP contribution in [0.5, 0.6) is 5.75 Å². The highest BCUT2D eigenvalue weighted by atomic mass is 79.9. The van der Waals surface area contributed by atoms with Crippen LogP contribution in [0.4, 0.5) is 0 Å². The molecule has 2 aromatic carbocycles. The normalized spacial score (nSPS) is 10.5. The maximum absolute atomic E-state index is 5.97. The van der Waals surface area contributed by atoms with Crippen molar-refractivity contribution < 1.29 is 4.74 Å². The van der Waals surface area contributed by atoms with Crippen molar-refractivity contribution in [2.75, 3.05) is 0 Å². The fourth-order valence-electron chi connectivity index (χ4n) is 1.72. The van der Waals surface area contributed by atoms with Crippen LogP contribution in [0.15, 0.2) is 40.9 Å². The fraction of sp³-hybridized carbons (Fsp3) is 0.200. The van der Waals surface area contributed by atoms with Crippen LogP contribution < -0.4 is 10.5 Å². The Morgan fingerprint density at radius 2 is 2.00 bits per heavy atom. The van der Waals surface area contributed by atoms with E-state index in [4.69, 9.17) is 22.1 Å². The van der Waals surface area contributed by atoms with E-state index in [2.05, 4.69) is 15.9 Å².